The number of aromatic amines is 1. The van der Waals surface area contributed by atoms with Crippen LogP contribution in [0.15, 0.2) is 33.6 Å². The van der Waals surface area contributed by atoms with E-state index in [1.54, 1.807) is 12.1 Å². The highest BCUT2D eigenvalue weighted by molar-refractivity contribution is 9.10. The van der Waals surface area contributed by atoms with Crippen molar-refractivity contribution in [3.8, 4) is 0 Å². The third kappa shape index (κ3) is 3.34. The van der Waals surface area contributed by atoms with Gasteiger partial charge in [-0.05, 0) is 24.3 Å². The van der Waals surface area contributed by atoms with Crippen molar-refractivity contribution in [1.82, 2.24) is 25.3 Å². The van der Waals surface area contributed by atoms with E-state index in [1.807, 2.05) is 0 Å². The molecule has 0 amide bonds. The Kier molecular flexibility index (Phi) is 4.04. The standard InChI is InChI=1S/C9H10BrN5O2S/c10-7-1-3-8(4-2-7)18(16,17)11-6-5-9-12-14-15-13-9/h1-4,11H,5-6H2,(H,12,13,14,15). The molecule has 1 heterocycles. The van der Waals surface area contributed by atoms with E-state index >= 15 is 0 Å². The van der Waals surface area contributed by atoms with E-state index in [9.17, 15) is 8.42 Å². The summed E-state index contributed by atoms with van der Waals surface area (Å²) in [6.07, 6.45) is 0.381. The van der Waals surface area contributed by atoms with Crippen LogP contribution in [-0.2, 0) is 16.4 Å². The van der Waals surface area contributed by atoms with Crippen LogP contribution in [0.4, 0.5) is 0 Å². The lowest BCUT2D eigenvalue weighted by atomic mass is 10.4. The maximum absolute atomic E-state index is 11.9. The normalized spacial score (nSPS) is 11.6. The predicted molar refractivity (Wildman–Crippen MR) is 67.2 cm³/mol. The van der Waals surface area contributed by atoms with Crippen molar-refractivity contribution in [3.05, 3.63) is 34.6 Å². The zero-order valence-corrected chi connectivity index (χ0v) is 11.6. The van der Waals surface area contributed by atoms with Crippen LogP contribution in [0.1, 0.15) is 5.82 Å². The topological polar surface area (TPSA) is 101 Å². The van der Waals surface area contributed by atoms with Gasteiger partial charge in [-0.25, -0.2) is 13.1 Å². The first-order valence-electron chi connectivity index (χ1n) is 5.05. The van der Waals surface area contributed by atoms with Crippen molar-refractivity contribution >= 4 is 26.0 Å². The maximum atomic E-state index is 11.9. The summed E-state index contributed by atoms with van der Waals surface area (Å²) in [4.78, 5) is 0.221. The molecule has 0 bridgehead atoms. The molecule has 0 saturated heterocycles. The molecule has 18 heavy (non-hydrogen) atoms. The number of rotatable bonds is 5. The molecule has 7 nitrogen and oxygen atoms in total. The van der Waals surface area contributed by atoms with Crippen molar-refractivity contribution in [3.63, 3.8) is 0 Å². The summed E-state index contributed by atoms with van der Waals surface area (Å²) in [6.45, 7) is 0.220. The molecular formula is C9H10BrN5O2S. The van der Waals surface area contributed by atoms with E-state index in [0.717, 1.165) is 4.47 Å². The summed E-state index contributed by atoms with van der Waals surface area (Å²) in [5, 5.41) is 13.2. The Labute approximate surface area is 112 Å². The van der Waals surface area contributed by atoms with Gasteiger partial charge in [-0.15, -0.1) is 10.2 Å². The Morgan fingerprint density at radius 1 is 1.28 bits per heavy atom. The zero-order chi connectivity index (χ0) is 13.0. The number of aromatic nitrogens is 4. The van der Waals surface area contributed by atoms with Gasteiger partial charge in [0.05, 0.1) is 4.90 Å². The fourth-order valence-electron chi connectivity index (χ4n) is 1.28. The van der Waals surface area contributed by atoms with Gasteiger partial charge in [0.2, 0.25) is 10.0 Å². The highest BCUT2D eigenvalue weighted by Gasteiger charge is 2.13. The van der Waals surface area contributed by atoms with Gasteiger partial charge in [0.25, 0.3) is 0 Å². The number of halogens is 1. The molecule has 0 radical (unpaired) electrons. The molecule has 2 N–H and O–H groups in total. The summed E-state index contributed by atoms with van der Waals surface area (Å²) in [5.74, 6) is 0.466. The first-order chi connectivity index (χ1) is 8.58. The van der Waals surface area contributed by atoms with Gasteiger partial charge < -0.3 is 0 Å². The molecule has 2 rings (SSSR count). The quantitative estimate of drug-likeness (QED) is 0.830. The van der Waals surface area contributed by atoms with Crippen LogP contribution in [0.25, 0.3) is 0 Å². The van der Waals surface area contributed by atoms with Crippen LogP contribution in [0.5, 0.6) is 0 Å². The largest absolute Gasteiger partial charge is 0.240 e. The molecule has 9 heteroatoms. The number of benzene rings is 1. The number of hydrogen-bond acceptors (Lipinski definition) is 5. The van der Waals surface area contributed by atoms with E-state index in [2.05, 4.69) is 41.3 Å². The Balaban J connectivity index is 1.97. The summed E-state index contributed by atoms with van der Waals surface area (Å²) < 4.78 is 27.1. The van der Waals surface area contributed by atoms with Gasteiger partial charge in [0, 0.05) is 17.4 Å². The smallest absolute Gasteiger partial charge is 0.211 e. The van der Waals surface area contributed by atoms with Crippen LogP contribution >= 0.6 is 15.9 Å². The number of hydrogen-bond donors (Lipinski definition) is 2. The molecule has 0 aliphatic carbocycles. The Morgan fingerprint density at radius 3 is 2.61 bits per heavy atom. The van der Waals surface area contributed by atoms with Crippen LogP contribution in [0, 0.1) is 0 Å². The minimum absolute atomic E-state index is 0.220. The van der Waals surface area contributed by atoms with E-state index in [1.165, 1.54) is 12.1 Å². The van der Waals surface area contributed by atoms with Crippen LogP contribution in [-0.4, -0.2) is 35.6 Å². The average molecular weight is 332 g/mol. The van der Waals surface area contributed by atoms with E-state index in [-0.39, 0.29) is 11.4 Å². The number of nitrogens with zero attached hydrogens (tertiary/aromatic N) is 3. The maximum Gasteiger partial charge on any atom is 0.240 e. The van der Waals surface area contributed by atoms with Crippen molar-refractivity contribution in [2.75, 3.05) is 6.54 Å². The monoisotopic (exact) mass is 331 g/mol. The lowest BCUT2D eigenvalue weighted by molar-refractivity contribution is 0.581. The second kappa shape index (κ2) is 5.55. The van der Waals surface area contributed by atoms with Gasteiger partial charge in [-0.1, -0.05) is 21.1 Å². The molecule has 96 valence electrons. The van der Waals surface area contributed by atoms with Gasteiger partial charge in [0.15, 0.2) is 5.82 Å². The number of nitrogens with one attached hydrogen (secondary N) is 2. The van der Waals surface area contributed by atoms with Gasteiger partial charge in [-0.2, -0.15) is 5.21 Å². The molecule has 0 aliphatic rings. The molecular weight excluding hydrogens is 322 g/mol. The molecule has 0 atom stereocenters. The van der Waals surface area contributed by atoms with Crippen molar-refractivity contribution < 1.29 is 8.42 Å². The van der Waals surface area contributed by atoms with Crippen LogP contribution in [0.3, 0.4) is 0 Å². The fourth-order valence-corrected chi connectivity index (χ4v) is 2.58. The lowest BCUT2D eigenvalue weighted by Crippen LogP contribution is -2.26. The Bertz CT molecular complexity index is 596. The molecule has 2 aromatic rings. The molecule has 0 spiro atoms. The summed E-state index contributed by atoms with van der Waals surface area (Å²) in [6, 6.07) is 6.41. The third-order valence-corrected chi connectivity index (χ3v) is 4.16. The molecule has 0 saturated carbocycles. The first-order valence-corrected chi connectivity index (χ1v) is 7.33. The predicted octanol–water partition coefficient (Wildman–Crippen LogP) is 0.483. The average Bonchev–Trinajstić information content (AvgIpc) is 2.82. The van der Waals surface area contributed by atoms with E-state index < -0.39 is 10.0 Å². The minimum Gasteiger partial charge on any atom is -0.211 e. The third-order valence-electron chi connectivity index (χ3n) is 2.15. The SMILES string of the molecule is O=S(=O)(NCCc1nn[nH]n1)c1ccc(Br)cc1. The molecule has 1 aromatic heterocycles. The highest BCUT2D eigenvalue weighted by Crippen LogP contribution is 2.14. The fraction of sp³-hybridized carbons (Fsp3) is 0.222. The number of sulfonamides is 1. The Hall–Kier alpha value is -1.32. The van der Waals surface area contributed by atoms with Crippen molar-refractivity contribution in [1.29, 1.82) is 0 Å². The molecule has 1 aromatic carbocycles. The van der Waals surface area contributed by atoms with Crippen LogP contribution < -0.4 is 4.72 Å². The summed E-state index contributed by atoms with van der Waals surface area (Å²) in [7, 11) is -3.49. The zero-order valence-electron chi connectivity index (χ0n) is 9.17. The first kappa shape index (κ1) is 13.1. The highest BCUT2D eigenvalue weighted by atomic mass is 79.9. The van der Waals surface area contributed by atoms with E-state index in [4.69, 9.17) is 0 Å². The molecule has 0 aliphatic heterocycles. The van der Waals surface area contributed by atoms with Gasteiger partial charge in [0.1, 0.15) is 0 Å². The molecule has 0 fully saturated rings. The lowest BCUT2D eigenvalue weighted by Gasteiger charge is -2.05. The summed E-state index contributed by atoms with van der Waals surface area (Å²) >= 11 is 3.25. The second-order valence-electron chi connectivity index (χ2n) is 3.43. The number of tetrazole rings is 1. The van der Waals surface area contributed by atoms with Crippen molar-refractivity contribution in [2.45, 2.75) is 11.3 Å². The number of H-pyrrole nitrogens is 1. The van der Waals surface area contributed by atoms with Crippen molar-refractivity contribution in [2.24, 2.45) is 0 Å². The molecule has 0 unspecified atom stereocenters. The second-order valence-corrected chi connectivity index (χ2v) is 6.11. The summed E-state index contributed by atoms with van der Waals surface area (Å²) in [5.41, 5.74) is 0. The van der Waals surface area contributed by atoms with Crippen LogP contribution in [0.2, 0.25) is 0 Å². The minimum atomic E-state index is -3.49. The van der Waals surface area contributed by atoms with E-state index in [0.29, 0.717) is 12.2 Å². The van der Waals surface area contributed by atoms with Gasteiger partial charge >= 0.3 is 0 Å². The van der Waals surface area contributed by atoms with Gasteiger partial charge in [-0.3, -0.25) is 0 Å². The Morgan fingerprint density at radius 2 is 2.00 bits per heavy atom.